The molecule has 8 heteroatoms. The van der Waals surface area contributed by atoms with Gasteiger partial charge < -0.3 is 24.8 Å². The van der Waals surface area contributed by atoms with Crippen molar-refractivity contribution in [3.8, 4) is 5.75 Å². The summed E-state index contributed by atoms with van der Waals surface area (Å²) in [5.41, 5.74) is -0.107. The molecule has 2 N–H and O–H groups in total. The van der Waals surface area contributed by atoms with Crippen LogP contribution in [0.5, 0.6) is 5.75 Å². The number of hydrogen-bond acceptors (Lipinski definition) is 6. The molecule has 5 atom stereocenters. The second-order valence-electron chi connectivity index (χ2n) is 8.35. The quantitative estimate of drug-likeness (QED) is 0.621. The monoisotopic (exact) mass is 419 g/mol. The molecule has 0 radical (unpaired) electrons. The number of benzene rings is 1. The summed E-state index contributed by atoms with van der Waals surface area (Å²) in [5, 5.41) is 13.3. The highest BCUT2D eigenvalue weighted by Crippen LogP contribution is 2.42. The fraction of sp³-hybridized carbons (Fsp3) is 0.636. The van der Waals surface area contributed by atoms with E-state index in [4.69, 9.17) is 9.47 Å². The fourth-order valence-corrected chi connectivity index (χ4v) is 4.59. The number of nitrogens with one attached hydrogen (secondary N) is 1. The van der Waals surface area contributed by atoms with Crippen LogP contribution >= 0.6 is 0 Å². The first-order valence-electron chi connectivity index (χ1n) is 10.5. The first kappa shape index (κ1) is 22.5. The molecular weight excluding hydrogens is 386 g/mol. The van der Waals surface area contributed by atoms with E-state index >= 15 is 0 Å². The van der Waals surface area contributed by atoms with Crippen molar-refractivity contribution in [3.63, 3.8) is 0 Å². The Bertz CT molecular complexity index is 769. The van der Waals surface area contributed by atoms with Crippen LogP contribution in [0.2, 0.25) is 0 Å². The molecule has 3 rings (SSSR count). The van der Waals surface area contributed by atoms with Gasteiger partial charge in [-0.05, 0) is 57.9 Å². The summed E-state index contributed by atoms with van der Waals surface area (Å²) in [6.45, 7) is 6.65. The standard InChI is InChI=1S/C22H33N3O5/c1-14(16(3)29-4)24-13-22(21(24)28)11-6-12-25(22)19(15(2)26)20(27)23-17-7-9-18(30-5)10-8-17/h7-10,14-16,19,26H,6,11-13H2,1-5H3,(H,23,27)/t14?,15?,16-,19?,22?/m0/s1. The van der Waals surface area contributed by atoms with E-state index in [1.807, 2.05) is 23.6 Å². The highest BCUT2D eigenvalue weighted by molar-refractivity contribution is 5.98. The number of aliphatic hydroxyl groups excluding tert-OH is 1. The molecule has 2 aliphatic heterocycles. The van der Waals surface area contributed by atoms with E-state index in [1.165, 1.54) is 0 Å². The van der Waals surface area contributed by atoms with Gasteiger partial charge in [-0.2, -0.15) is 0 Å². The lowest BCUT2D eigenvalue weighted by molar-refractivity contribution is -0.174. The summed E-state index contributed by atoms with van der Waals surface area (Å²) in [5.74, 6) is 0.387. The minimum absolute atomic E-state index is 0.0132. The van der Waals surface area contributed by atoms with Crippen molar-refractivity contribution in [2.24, 2.45) is 0 Å². The maximum absolute atomic E-state index is 13.2. The molecule has 1 aromatic rings. The predicted molar refractivity (Wildman–Crippen MR) is 113 cm³/mol. The van der Waals surface area contributed by atoms with Crippen LogP contribution < -0.4 is 10.1 Å². The molecule has 0 saturated carbocycles. The van der Waals surface area contributed by atoms with Crippen molar-refractivity contribution in [2.45, 2.75) is 63.4 Å². The summed E-state index contributed by atoms with van der Waals surface area (Å²) in [6, 6.07) is 6.16. The van der Waals surface area contributed by atoms with Crippen LogP contribution in [-0.4, -0.2) is 83.9 Å². The SMILES string of the molecule is COc1ccc(NC(=O)C(C(C)O)N2CCCC23CN(C(C)[C@H](C)OC)C3=O)cc1. The number of ether oxygens (including phenoxy) is 2. The van der Waals surface area contributed by atoms with E-state index in [2.05, 4.69) is 5.32 Å². The number of amides is 2. The van der Waals surface area contributed by atoms with Gasteiger partial charge in [0.2, 0.25) is 11.8 Å². The average Bonchev–Trinajstić information content (AvgIpc) is 3.17. The molecule has 1 spiro atoms. The Morgan fingerprint density at radius 1 is 1.20 bits per heavy atom. The minimum Gasteiger partial charge on any atom is -0.497 e. The van der Waals surface area contributed by atoms with Crippen LogP contribution in [0.1, 0.15) is 33.6 Å². The Hall–Kier alpha value is -2.16. The lowest BCUT2D eigenvalue weighted by Crippen LogP contribution is -2.77. The zero-order chi connectivity index (χ0) is 22.1. The number of nitrogens with zero attached hydrogens (tertiary/aromatic N) is 2. The van der Waals surface area contributed by atoms with Gasteiger partial charge in [-0.15, -0.1) is 0 Å². The fourth-order valence-electron chi connectivity index (χ4n) is 4.59. The third kappa shape index (κ3) is 3.91. The molecule has 2 saturated heterocycles. The van der Waals surface area contributed by atoms with Crippen LogP contribution in [0.3, 0.4) is 0 Å². The van der Waals surface area contributed by atoms with Gasteiger partial charge >= 0.3 is 0 Å². The number of hydrogen-bond donors (Lipinski definition) is 2. The number of methoxy groups -OCH3 is 2. The molecular formula is C22H33N3O5. The zero-order valence-corrected chi connectivity index (χ0v) is 18.4. The van der Waals surface area contributed by atoms with Gasteiger partial charge in [-0.3, -0.25) is 14.5 Å². The lowest BCUT2D eigenvalue weighted by Gasteiger charge is -2.55. The molecule has 2 heterocycles. The number of β-lactam (4-membered cyclic amide) rings is 1. The van der Waals surface area contributed by atoms with Crippen LogP contribution in [-0.2, 0) is 14.3 Å². The number of likely N-dealkylation sites (tertiary alicyclic amines) is 2. The number of carbonyl (C=O) groups excluding carboxylic acids is 2. The first-order valence-corrected chi connectivity index (χ1v) is 10.5. The predicted octanol–water partition coefficient (Wildman–Crippen LogP) is 1.48. The molecule has 30 heavy (non-hydrogen) atoms. The molecule has 0 aliphatic carbocycles. The van der Waals surface area contributed by atoms with Crippen molar-refractivity contribution in [1.29, 1.82) is 0 Å². The van der Waals surface area contributed by atoms with Gasteiger partial charge in [-0.25, -0.2) is 0 Å². The van der Waals surface area contributed by atoms with Crippen LogP contribution in [0.25, 0.3) is 0 Å². The van der Waals surface area contributed by atoms with Gasteiger partial charge in [0.15, 0.2) is 0 Å². The molecule has 2 fully saturated rings. The Kier molecular flexibility index (Phi) is 6.69. The van der Waals surface area contributed by atoms with Gasteiger partial charge in [-0.1, -0.05) is 0 Å². The zero-order valence-electron chi connectivity index (χ0n) is 18.4. The highest BCUT2D eigenvalue weighted by atomic mass is 16.5. The van der Waals surface area contributed by atoms with E-state index in [0.717, 1.165) is 6.42 Å². The van der Waals surface area contributed by atoms with E-state index < -0.39 is 17.7 Å². The van der Waals surface area contributed by atoms with Crippen molar-refractivity contribution >= 4 is 17.5 Å². The molecule has 2 amide bonds. The van der Waals surface area contributed by atoms with Crippen molar-refractivity contribution in [1.82, 2.24) is 9.80 Å². The van der Waals surface area contributed by atoms with Gasteiger partial charge in [0, 0.05) is 25.9 Å². The van der Waals surface area contributed by atoms with Crippen molar-refractivity contribution < 1.29 is 24.2 Å². The Labute approximate surface area is 178 Å². The lowest BCUT2D eigenvalue weighted by atomic mass is 9.82. The summed E-state index contributed by atoms with van der Waals surface area (Å²) in [4.78, 5) is 30.1. The van der Waals surface area contributed by atoms with Crippen molar-refractivity contribution in [2.75, 3.05) is 32.6 Å². The summed E-state index contributed by atoms with van der Waals surface area (Å²) >= 11 is 0. The van der Waals surface area contributed by atoms with Gasteiger partial charge in [0.25, 0.3) is 0 Å². The van der Waals surface area contributed by atoms with Crippen LogP contribution in [0.4, 0.5) is 5.69 Å². The molecule has 1 aromatic carbocycles. The third-order valence-corrected chi connectivity index (χ3v) is 6.59. The van der Waals surface area contributed by atoms with Crippen molar-refractivity contribution in [3.05, 3.63) is 24.3 Å². The second kappa shape index (κ2) is 8.91. The minimum atomic E-state index is -0.921. The maximum Gasteiger partial charge on any atom is 0.245 e. The largest absolute Gasteiger partial charge is 0.497 e. The molecule has 4 unspecified atom stereocenters. The smallest absolute Gasteiger partial charge is 0.245 e. The molecule has 2 aliphatic rings. The number of carbonyl (C=O) groups is 2. The molecule has 0 bridgehead atoms. The van der Waals surface area contributed by atoms with E-state index in [-0.39, 0.29) is 24.0 Å². The van der Waals surface area contributed by atoms with E-state index in [9.17, 15) is 14.7 Å². The maximum atomic E-state index is 13.2. The third-order valence-electron chi connectivity index (χ3n) is 6.59. The Balaban J connectivity index is 1.76. The van der Waals surface area contributed by atoms with Gasteiger partial charge in [0.1, 0.15) is 17.3 Å². The molecule has 0 aromatic heterocycles. The number of anilines is 1. The van der Waals surface area contributed by atoms with E-state index in [0.29, 0.717) is 30.9 Å². The normalized spacial score (nSPS) is 25.5. The van der Waals surface area contributed by atoms with Crippen LogP contribution in [0, 0.1) is 0 Å². The average molecular weight is 420 g/mol. The Morgan fingerprint density at radius 2 is 1.87 bits per heavy atom. The second-order valence-corrected chi connectivity index (χ2v) is 8.35. The van der Waals surface area contributed by atoms with E-state index in [1.54, 1.807) is 45.4 Å². The summed E-state index contributed by atoms with van der Waals surface area (Å²) in [7, 11) is 3.22. The number of rotatable bonds is 8. The van der Waals surface area contributed by atoms with Crippen LogP contribution in [0.15, 0.2) is 24.3 Å². The molecule has 8 nitrogen and oxygen atoms in total. The highest BCUT2D eigenvalue weighted by Gasteiger charge is 2.62. The number of aliphatic hydroxyl groups is 1. The first-order chi connectivity index (χ1) is 14.2. The summed E-state index contributed by atoms with van der Waals surface area (Å²) in [6.07, 6.45) is 0.505. The summed E-state index contributed by atoms with van der Waals surface area (Å²) < 4.78 is 10.5. The van der Waals surface area contributed by atoms with Gasteiger partial charge in [0.05, 0.1) is 25.4 Å². The Morgan fingerprint density at radius 3 is 2.40 bits per heavy atom. The molecule has 166 valence electrons. The topological polar surface area (TPSA) is 91.3 Å².